The molecule has 0 unspecified atom stereocenters. The minimum atomic E-state index is 0.516. The van der Waals surface area contributed by atoms with Crippen molar-refractivity contribution in [1.29, 1.82) is 0 Å². The van der Waals surface area contributed by atoms with Crippen molar-refractivity contribution in [3.8, 4) is 11.6 Å². The van der Waals surface area contributed by atoms with E-state index in [-0.39, 0.29) is 0 Å². The molecule has 2 rings (SSSR count). The van der Waals surface area contributed by atoms with E-state index < -0.39 is 0 Å². The number of thioether (sulfide) groups is 1. The number of rotatable bonds is 5. The van der Waals surface area contributed by atoms with Gasteiger partial charge >= 0.3 is 0 Å². The highest BCUT2D eigenvalue weighted by molar-refractivity contribution is 7.98. The molecule has 0 fully saturated rings. The van der Waals surface area contributed by atoms with E-state index in [9.17, 15) is 0 Å². The van der Waals surface area contributed by atoms with Gasteiger partial charge in [0.2, 0.25) is 5.88 Å². The Morgan fingerprint density at radius 1 is 1.15 bits per heavy atom. The van der Waals surface area contributed by atoms with E-state index in [1.807, 2.05) is 25.4 Å². The molecule has 0 aliphatic rings. The lowest BCUT2D eigenvalue weighted by Crippen LogP contribution is -1.98. The zero-order valence-corrected chi connectivity index (χ0v) is 13.0. The van der Waals surface area contributed by atoms with Gasteiger partial charge in [-0.25, -0.2) is 4.98 Å². The first-order chi connectivity index (χ1) is 9.62. The molecule has 0 saturated heterocycles. The van der Waals surface area contributed by atoms with Gasteiger partial charge in [0.05, 0.1) is 0 Å². The standard InChI is InChI=1S/C15H19N3OS/c1-10(2)11-5-7-12(8-6-11)19-14-9-13(16-3)17-15(18-14)20-4/h5-10H,1-4H3,(H,16,17,18). The Hall–Kier alpha value is -1.75. The molecule has 5 heteroatoms. The fourth-order valence-corrected chi connectivity index (χ4v) is 2.09. The van der Waals surface area contributed by atoms with Crippen LogP contribution in [0.15, 0.2) is 35.5 Å². The van der Waals surface area contributed by atoms with Crippen LogP contribution in [0.25, 0.3) is 0 Å². The summed E-state index contributed by atoms with van der Waals surface area (Å²) in [5.74, 6) is 2.59. The van der Waals surface area contributed by atoms with Crippen LogP contribution in [-0.4, -0.2) is 23.3 Å². The predicted molar refractivity (Wildman–Crippen MR) is 84.0 cm³/mol. The number of hydrogen-bond acceptors (Lipinski definition) is 5. The van der Waals surface area contributed by atoms with Crippen LogP contribution in [0.5, 0.6) is 11.6 Å². The number of aromatic nitrogens is 2. The molecular weight excluding hydrogens is 270 g/mol. The van der Waals surface area contributed by atoms with Crippen LogP contribution >= 0.6 is 11.8 Å². The summed E-state index contributed by atoms with van der Waals surface area (Å²) in [7, 11) is 1.83. The molecule has 0 atom stereocenters. The maximum absolute atomic E-state index is 5.79. The topological polar surface area (TPSA) is 47.0 Å². The number of nitrogens with one attached hydrogen (secondary N) is 1. The SMILES string of the molecule is CNc1cc(Oc2ccc(C(C)C)cc2)nc(SC)n1. The van der Waals surface area contributed by atoms with Crippen LogP contribution < -0.4 is 10.1 Å². The lowest BCUT2D eigenvalue weighted by molar-refractivity contribution is 0.456. The van der Waals surface area contributed by atoms with Crippen LogP contribution in [0.2, 0.25) is 0 Å². The van der Waals surface area contributed by atoms with Gasteiger partial charge in [-0.2, -0.15) is 4.98 Å². The Balaban J connectivity index is 2.20. The Morgan fingerprint density at radius 2 is 1.85 bits per heavy atom. The van der Waals surface area contributed by atoms with Gasteiger partial charge in [-0.1, -0.05) is 37.7 Å². The Kier molecular flexibility index (Phi) is 4.84. The third-order valence-corrected chi connectivity index (χ3v) is 3.44. The lowest BCUT2D eigenvalue weighted by Gasteiger charge is -2.09. The Labute approximate surface area is 124 Å². The lowest BCUT2D eigenvalue weighted by atomic mass is 10.0. The molecule has 0 bridgehead atoms. The average molecular weight is 289 g/mol. The van der Waals surface area contributed by atoms with Gasteiger partial charge in [-0.3, -0.25) is 0 Å². The molecule has 0 aliphatic carbocycles. The van der Waals surface area contributed by atoms with E-state index in [1.54, 1.807) is 6.07 Å². The van der Waals surface area contributed by atoms with Crippen molar-refractivity contribution in [2.24, 2.45) is 0 Å². The van der Waals surface area contributed by atoms with E-state index >= 15 is 0 Å². The first-order valence-corrected chi connectivity index (χ1v) is 7.73. The van der Waals surface area contributed by atoms with Crippen molar-refractivity contribution in [3.63, 3.8) is 0 Å². The van der Waals surface area contributed by atoms with E-state index in [4.69, 9.17) is 4.74 Å². The molecule has 1 aromatic heterocycles. The first kappa shape index (κ1) is 14.7. The minimum absolute atomic E-state index is 0.516. The molecule has 0 amide bonds. The zero-order chi connectivity index (χ0) is 14.5. The third-order valence-electron chi connectivity index (χ3n) is 2.89. The highest BCUT2D eigenvalue weighted by Gasteiger charge is 2.06. The van der Waals surface area contributed by atoms with Gasteiger partial charge in [0, 0.05) is 13.1 Å². The summed E-state index contributed by atoms with van der Waals surface area (Å²) in [5.41, 5.74) is 1.29. The molecule has 0 spiro atoms. The molecule has 2 aromatic rings. The zero-order valence-electron chi connectivity index (χ0n) is 12.2. The quantitative estimate of drug-likeness (QED) is 0.661. The largest absolute Gasteiger partial charge is 0.439 e. The second-order valence-electron chi connectivity index (χ2n) is 4.65. The van der Waals surface area contributed by atoms with Crippen LogP contribution in [-0.2, 0) is 0 Å². The van der Waals surface area contributed by atoms with E-state index in [0.29, 0.717) is 17.0 Å². The molecule has 0 aliphatic heterocycles. The number of nitrogens with zero attached hydrogens (tertiary/aromatic N) is 2. The molecule has 1 heterocycles. The number of anilines is 1. The van der Waals surface area contributed by atoms with Crippen molar-refractivity contribution in [1.82, 2.24) is 9.97 Å². The van der Waals surface area contributed by atoms with Gasteiger partial charge < -0.3 is 10.1 Å². The average Bonchev–Trinajstić information content (AvgIpc) is 2.47. The summed E-state index contributed by atoms with van der Waals surface area (Å²) in [4.78, 5) is 8.65. The van der Waals surface area contributed by atoms with Gasteiger partial charge in [0.1, 0.15) is 11.6 Å². The summed E-state index contributed by atoms with van der Waals surface area (Å²) in [6.07, 6.45) is 1.94. The summed E-state index contributed by atoms with van der Waals surface area (Å²) < 4.78 is 5.79. The molecule has 1 aromatic carbocycles. The number of hydrogen-bond donors (Lipinski definition) is 1. The molecule has 20 heavy (non-hydrogen) atoms. The number of ether oxygens (including phenoxy) is 1. The fraction of sp³-hybridized carbons (Fsp3) is 0.333. The first-order valence-electron chi connectivity index (χ1n) is 6.51. The van der Waals surface area contributed by atoms with E-state index in [2.05, 4.69) is 41.3 Å². The Morgan fingerprint density at radius 3 is 2.40 bits per heavy atom. The van der Waals surface area contributed by atoms with Crippen LogP contribution in [0.1, 0.15) is 25.3 Å². The summed E-state index contributed by atoms with van der Waals surface area (Å²) in [6.45, 7) is 4.34. The monoisotopic (exact) mass is 289 g/mol. The Bertz CT molecular complexity index is 548. The fourth-order valence-electron chi connectivity index (χ4n) is 1.72. The molecular formula is C15H19N3OS. The van der Waals surface area contributed by atoms with Crippen molar-refractivity contribution < 1.29 is 4.74 Å². The van der Waals surface area contributed by atoms with Gasteiger partial charge in [0.25, 0.3) is 0 Å². The molecule has 1 N–H and O–H groups in total. The summed E-state index contributed by atoms with van der Waals surface area (Å²) >= 11 is 1.49. The van der Waals surface area contributed by atoms with Gasteiger partial charge in [-0.05, 0) is 29.9 Å². The highest BCUT2D eigenvalue weighted by atomic mass is 32.2. The molecule has 106 valence electrons. The van der Waals surface area contributed by atoms with Gasteiger partial charge in [0.15, 0.2) is 5.16 Å². The predicted octanol–water partition coefficient (Wildman–Crippen LogP) is 4.16. The molecule has 4 nitrogen and oxygen atoms in total. The van der Waals surface area contributed by atoms with E-state index in [0.717, 1.165) is 11.6 Å². The smallest absolute Gasteiger partial charge is 0.225 e. The van der Waals surface area contributed by atoms with Crippen LogP contribution in [0.3, 0.4) is 0 Å². The van der Waals surface area contributed by atoms with E-state index in [1.165, 1.54) is 17.3 Å². The summed E-state index contributed by atoms with van der Waals surface area (Å²) in [6, 6.07) is 9.88. The van der Waals surface area contributed by atoms with Crippen molar-refractivity contribution in [2.75, 3.05) is 18.6 Å². The number of benzene rings is 1. The molecule has 0 saturated carbocycles. The maximum atomic E-state index is 5.79. The maximum Gasteiger partial charge on any atom is 0.225 e. The van der Waals surface area contributed by atoms with Crippen LogP contribution in [0.4, 0.5) is 5.82 Å². The van der Waals surface area contributed by atoms with Crippen molar-refractivity contribution in [3.05, 3.63) is 35.9 Å². The normalized spacial score (nSPS) is 10.7. The third kappa shape index (κ3) is 3.63. The van der Waals surface area contributed by atoms with Crippen molar-refractivity contribution in [2.45, 2.75) is 24.9 Å². The van der Waals surface area contributed by atoms with Crippen molar-refractivity contribution >= 4 is 17.6 Å². The second kappa shape index (κ2) is 6.61. The van der Waals surface area contributed by atoms with Gasteiger partial charge in [-0.15, -0.1) is 0 Å². The minimum Gasteiger partial charge on any atom is -0.439 e. The summed E-state index contributed by atoms with van der Waals surface area (Å²) in [5, 5.41) is 3.69. The molecule has 0 radical (unpaired) electrons. The second-order valence-corrected chi connectivity index (χ2v) is 5.43. The highest BCUT2D eigenvalue weighted by Crippen LogP contribution is 2.25. The van der Waals surface area contributed by atoms with Crippen LogP contribution in [0, 0.1) is 0 Å².